The SMILES string of the molecule is COCC#C[C@@H]1CNC(=O)N1c1nc2c3c(ccc2s1)OCC3. The molecule has 1 fully saturated rings. The number of carbonyl (C=O) groups is 1. The summed E-state index contributed by atoms with van der Waals surface area (Å²) in [6.07, 6.45) is 0.860. The molecule has 1 aromatic heterocycles. The molecule has 2 amide bonds. The van der Waals surface area contributed by atoms with E-state index in [1.165, 1.54) is 11.3 Å². The Morgan fingerprint density at radius 1 is 1.57 bits per heavy atom. The third-order valence-electron chi connectivity index (χ3n) is 3.89. The van der Waals surface area contributed by atoms with Crippen LogP contribution in [0.4, 0.5) is 9.93 Å². The summed E-state index contributed by atoms with van der Waals surface area (Å²) in [5, 5.41) is 3.50. The average Bonchev–Trinajstić information content (AvgIpc) is 3.23. The Balaban J connectivity index is 1.73. The van der Waals surface area contributed by atoms with Gasteiger partial charge in [-0.1, -0.05) is 23.2 Å². The number of benzene rings is 1. The lowest BCUT2D eigenvalue weighted by Gasteiger charge is -2.14. The van der Waals surface area contributed by atoms with E-state index in [-0.39, 0.29) is 12.1 Å². The predicted octanol–water partition coefficient (Wildman–Crippen LogP) is 1.78. The Morgan fingerprint density at radius 2 is 2.48 bits per heavy atom. The number of nitrogens with one attached hydrogen (secondary N) is 1. The van der Waals surface area contributed by atoms with Gasteiger partial charge in [0.1, 0.15) is 18.4 Å². The highest BCUT2D eigenvalue weighted by molar-refractivity contribution is 7.22. The van der Waals surface area contributed by atoms with E-state index in [2.05, 4.69) is 17.2 Å². The maximum absolute atomic E-state index is 12.2. The predicted molar refractivity (Wildman–Crippen MR) is 88.1 cm³/mol. The molecule has 7 heteroatoms. The molecule has 2 aliphatic rings. The molecule has 0 aliphatic carbocycles. The van der Waals surface area contributed by atoms with Gasteiger partial charge in [0.05, 0.1) is 23.4 Å². The Hall–Kier alpha value is -2.30. The number of nitrogens with zero attached hydrogens (tertiary/aromatic N) is 2. The second kappa shape index (κ2) is 5.72. The summed E-state index contributed by atoms with van der Waals surface area (Å²) in [5.41, 5.74) is 2.06. The van der Waals surface area contributed by atoms with Gasteiger partial charge in [-0.25, -0.2) is 9.78 Å². The summed E-state index contributed by atoms with van der Waals surface area (Å²) >= 11 is 1.51. The minimum absolute atomic E-state index is 0.159. The molecule has 0 unspecified atom stereocenters. The number of anilines is 1. The molecule has 1 atom stereocenters. The number of fused-ring (bicyclic) bond motifs is 3. The summed E-state index contributed by atoms with van der Waals surface area (Å²) in [7, 11) is 1.60. The lowest BCUT2D eigenvalue weighted by molar-refractivity contribution is 0.239. The Kier molecular flexibility index (Phi) is 3.56. The zero-order chi connectivity index (χ0) is 15.8. The number of aromatic nitrogens is 1. The maximum atomic E-state index is 12.2. The van der Waals surface area contributed by atoms with Crippen LogP contribution in [0.5, 0.6) is 5.75 Å². The molecule has 0 saturated carbocycles. The van der Waals surface area contributed by atoms with E-state index in [9.17, 15) is 4.79 Å². The van der Waals surface area contributed by atoms with Gasteiger partial charge >= 0.3 is 6.03 Å². The van der Waals surface area contributed by atoms with Crippen LogP contribution in [0.25, 0.3) is 10.2 Å². The summed E-state index contributed by atoms with van der Waals surface area (Å²) < 4.78 is 11.6. The van der Waals surface area contributed by atoms with Crippen LogP contribution in [-0.2, 0) is 11.2 Å². The molecular formula is C16H15N3O3S. The van der Waals surface area contributed by atoms with Crippen molar-refractivity contribution in [3.8, 4) is 17.6 Å². The second-order valence-corrected chi connectivity index (χ2v) is 6.32. The van der Waals surface area contributed by atoms with Crippen LogP contribution < -0.4 is 15.0 Å². The van der Waals surface area contributed by atoms with Crippen molar-refractivity contribution in [2.24, 2.45) is 0 Å². The molecule has 4 rings (SSSR count). The number of ether oxygens (including phenoxy) is 2. The van der Waals surface area contributed by atoms with Crippen molar-refractivity contribution >= 4 is 32.7 Å². The largest absolute Gasteiger partial charge is 0.493 e. The Labute approximate surface area is 137 Å². The van der Waals surface area contributed by atoms with Crippen molar-refractivity contribution in [3.63, 3.8) is 0 Å². The second-order valence-electron chi connectivity index (χ2n) is 5.31. The fraction of sp³-hybridized carbons (Fsp3) is 0.375. The molecule has 0 bridgehead atoms. The number of rotatable bonds is 2. The van der Waals surface area contributed by atoms with Crippen LogP contribution in [0.1, 0.15) is 5.56 Å². The number of thiazole rings is 1. The first-order valence-electron chi connectivity index (χ1n) is 7.37. The molecule has 2 aromatic rings. The molecule has 23 heavy (non-hydrogen) atoms. The number of urea groups is 1. The van der Waals surface area contributed by atoms with Gasteiger partial charge in [0, 0.05) is 19.1 Å². The Morgan fingerprint density at radius 3 is 3.35 bits per heavy atom. The fourth-order valence-electron chi connectivity index (χ4n) is 2.83. The lowest BCUT2D eigenvalue weighted by Crippen LogP contribution is -2.33. The standard InChI is InChI=1S/C16H15N3O3S/c1-21-7-2-3-10-9-17-15(20)19(10)16-18-14-11-6-8-22-12(11)4-5-13(14)23-16/h4-5,10H,6-9H2,1H3,(H,17,20)/t10-/m1/s1. The average molecular weight is 329 g/mol. The van der Waals surface area contributed by atoms with Gasteiger partial charge in [-0.2, -0.15) is 0 Å². The van der Waals surface area contributed by atoms with E-state index in [4.69, 9.17) is 14.5 Å². The topological polar surface area (TPSA) is 63.7 Å². The van der Waals surface area contributed by atoms with E-state index in [1.54, 1.807) is 12.0 Å². The highest BCUT2D eigenvalue weighted by Crippen LogP contribution is 2.38. The highest BCUT2D eigenvalue weighted by atomic mass is 32.1. The van der Waals surface area contributed by atoms with Crippen LogP contribution in [-0.4, -0.2) is 43.9 Å². The molecular weight excluding hydrogens is 314 g/mol. The van der Waals surface area contributed by atoms with Gasteiger partial charge < -0.3 is 14.8 Å². The number of carbonyl (C=O) groups excluding carboxylic acids is 1. The van der Waals surface area contributed by atoms with Crippen molar-refractivity contribution in [3.05, 3.63) is 17.7 Å². The van der Waals surface area contributed by atoms with Crippen molar-refractivity contribution in [1.82, 2.24) is 10.3 Å². The van der Waals surface area contributed by atoms with E-state index < -0.39 is 0 Å². The molecule has 0 spiro atoms. The first-order chi connectivity index (χ1) is 11.3. The molecule has 6 nitrogen and oxygen atoms in total. The normalized spacial score (nSPS) is 19.3. The van der Waals surface area contributed by atoms with Crippen LogP contribution >= 0.6 is 11.3 Å². The zero-order valence-corrected chi connectivity index (χ0v) is 13.4. The van der Waals surface area contributed by atoms with Crippen molar-refractivity contribution in [2.45, 2.75) is 12.5 Å². The Bertz CT molecular complexity index is 836. The van der Waals surface area contributed by atoms with Gasteiger partial charge in [-0.05, 0) is 12.1 Å². The fourth-order valence-corrected chi connectivity index (χ4v) is 3.87. The van der Waals surface area contributed by atoms with Crippen molar-refractivity contribution < 1.29 is 14.3 Å². The monoisotopic (exact) mass is 329 g/mol. The number of amides is 2. The van der Waals surface area contributed by atoms with E-state index in [1.807, 2.05) is 12.1 Å². The molecule has 1 aromatic carbocycles. The summed E-state index contributed by atoms with van der Waals surface area (Å²) in [4.78, 5) is 18.5. The van der Waals surface area contributed by atoms with Crippen LogP contribution in [0.2, 0.25) is 0 Å². The molecule has 3 heterocycles. The maximum Gasteiger partial charge on any atom is 0.324 e. The first-order valence-corrected chi connectivity index (χ1v) is 8.19. The van der Waals surface area contributed by atoms with E-state index in [0.29, 0.717) is 24.9 Å². The van der Waals surface area contributed by atoms with E-state index in [0.717, 1.165) is 28.0 Å². The number of methoxy groups -OCH3 is 1. The summed E-state index contributed by atoms with van der Waals surface area (Å²) in [6.45, 7) is 1.53. The quantitative estimate of drug-likeness (QED) is 0.853. The van der Waals surface area contributed by atoms with Crippen molar-refractivity contribution in [2.75, 3.05) is 31.8 Å². The van der Waals surface area contributed by atoms with Crippen LogP contribution in [0.3, 0.4) is 0 Å². The highest BCUT2D eigenvalue weighted by Gasteiger charge is 2.33. The van der Waals surface area contributed by atoms with Gasteiger partial charge in [0.25, 0.3) is 0 Å². The molecule has 1 saturated heterocycles. The minimum atomic E-state index is -0.220. The van der Waals surface area contributed by atoms with Gasteiger partial charge in [0.15, 0.2) is 5.13 Å². The number of hydrogen-bond acceptors (Lipinski definition) is 5. The van der Waals surface area contributed by atoms with Crippen LogP contribution in [0, 0.1) is 11.8 Å². The molecule has 1 N–H and O–H groups in total. The van der Waals surface area contributed by atoms with Gasteiger partial charge in [-0.3, -0.25) is 4.90 Å². The third kappa shape index (κ3) is 2.40. The van der Waals surface area contributed by atoms with Gasteiger partial charge in [-0.15, -0.1) is 0 Å². The minimum Gasteiger partial charge on any atom is -0.493 e. The molecule has 2 aliphatic heterocycles. The lowest BCUT2D eigenvalue weighted by atomic mass is 10.1. The van der Waals surface area contributed by atoms with Crippen LogP contribution in [0.15, 0.2) is 12.1 Å². The smallest absolute Gasteiger partial charge is 0.324 e. The zero-order valence-electron chi connectivity index (χ0n) is 12.6. The van der Waals surface area contributed by atoms with Gasteiger partial charge in [0.2, 0.25) is 0 Å². The van der Waals surface area contributed by atoms with E-state index >= 15 is 0 Å². The van der Waals surface area contributed by atoms with Crippen molar-refractivity contribution in [1.29, 1.82) is 0 Å². The molecule has 0 radical (unpaired) electrons. The third-order valence-corrected chi connectivity index (χ3v) is 4.91. The molecule has 118 valence electrons. The summed E-state index contributed by atoms with van der Waals surface area (Å²) in [5.74, 6) is 6.89. The summed E-state index contributed by atoms with van der Waals surface area (Å²) in [6, 6.07) is 3.60. The number of hydrogen-bond donors (Lipinski definition) is 1. The first kappa shape index (κ1) is 14.3.